The highest BCUT2D eigenvalue weighted by atomic mass is 19.1. The number of hydrogen-bond acceptors (Lipinski definition) is 5. The van der Waals surface area contributed by atoms with Crippen molar-refractivity contribution in [2.75, 3.05) is 11.9 Å². The molecule has 0 fully saturated rings. The largest absolute Gasteiger partial charge is 0.508 e. The highest BCUT2D eigenvalue weighted by Crippen LogP contribution is 2.42. The van der Waals surface area contributed by atoms with Gasteiger partial charge in [0.05, 0.1) is 0 Å². The molecular weight excluding hydrogens is 435 g/mol. The van der Waals surface area contributed by atoms with E-state index in [2.05, 4.69) is 5.32 Å². The molecule has 7 nitrogen and oxygen atoms in total. The number of benzene rings is 2. The van der Waals surface area contributed by atoms with Gasteiger partial charge in [-0.1, -0.05) is 31.5 Å². The van der Waals surface area contributed by atoms with Crippen molar-refractivity contribution in [2.24, 2.45) is 5.73 Å². The Balaban J connectivity index is 2.01. The van der Waals surface area contributed by atoms with E-state index in [4.69, 9.17) is 15.5 Å². The van der Waals surface area contributed by atoms with E-state index in [1.165, 1.54) is 18.3 Å². The number of nitrogens with one attached hydrogen (secondary N) is 1. The van der Waals surface area contributed by atoms with Gasteiger partial charge >= 0.3 is 0 Å². The molecule has 0 saturated carbocycles. The number of phenols is 1. The predicted molar refractivity (Wildman–Crippen MR) is 130 cm³/mol. The summed E-state index contributed by atoms with van der Waals surface area (Å²) in [5, 5.41) is 13.8. The Kier molecular flexibility index (Phi) is 6.40. The van der Waals surface area contributed by atoms with E-state index in [1.807, 2.05) is 39.0 Å². The molecule has 4 N–H and O–H groups in total. The number of ether oxygens (including phenoxy) is 1. The van der Waals surface area contributed by atoms with Crippen LogP contribution in [0.1, 0.15) is 30.0 Å². The van der Waals surface area contributed by atoms with E-state index in [0.717, 1.165) is 28.8 Å². The molecule has 0 unspecified atom stereocenters. The number of imidazole rings is 1. The predicted octanol–water partition coefficient (Wildman–Crippen LogP) is 5.02. The second kappa shape index (κ2) is 9.43. The zero-order valence-electron chi connectivity index (χ0n) is 19.4. The lowest BCUT2D eigenvalue weighted by molar-refractivity contribution is -0.119. The number of pyridine rings is 1. The number of aromatic hydroxyl groups is 1. The van der Waals surface area contributed by atoms with Crippen LogP contribution >= 0.6 is 0 Å². The quantitative estimate of drug-likeness (QED) is 0.341. The molecule has 34 heavy (non-hydrogen) atoms. The van der Waals surface area contributed by atoms with Gasteiger partial charge < -0.3 is 20.9 Å². The summed E-state index contributed by atoms with van der Waals surface area (Å²) in [4.78, 5) is 16.2. The molecule has 0 radical (unpaired) electrons. The molecule has 2 aromatic carbocycles. The fourth-order valence-electron chi connectivity index (χ4n) is 4.10. The van der Waals surface area contributed by atoms with Gasteiger partial charge in [0.2, 0.25) is 0 Å². The molecule has 0 spiro atoms. The average molecular weight is 463 g/mol. The zero-order valence-corrected chi connectivity index (χ0v) is 19.4. The number of nitrogens with two attached hydrogens (primary N) is 1. The summed E-state index contributed by atoms with van der Waals surface area (Å²) in [6.07, 6.45) is 2.79. The van der Waals surface area contributed by atoms with E-state index in [1.54, 1.807) is 16.5 Å². The summed E-state index contributed by atoms with van der Waals surface area (Å²) in [6, 6.07) is 12.0. The second-order valence-electron chi connectivity index (χ2n) is 8.26. The number of hydrogen-bond donors (Lipinski definition) is 3. The van der Waals surface area contributed by atoms with Gasteiger partial charge in [-0.2, -0.15) is 0 Å². The molecule has 176 valence electrons. The van der Waals surface area contributed by atoms with Gasteiger partial charge in [-0.25, -0.2) is 9.37 Å². The summed E-state index contributed by atoms with van der Waals surface area (Å²) in [6.45, 7) is 5.64. The van der Waals surface area contributed by atoms with Crippen molar-refractivity contribution >= 4 is 23.1 Å². The number of rotatable bonds is 8. The van der Waals surface area contributed by atoms with E-state index in [9.17, 15) is 14.3 Å². The minimum absolute atomic E-state index is 0.00531. The fourth-order valence-corrected chi connectivity index (χ4v) is 4.10. The minimum Gasteiger partial charge on any atom is -0.508 e. The molecule has 0 aliphatic heterocycles. The molecule has 1 amide bonds. The zero-order chi connectivity index (χ0) is 24.4. The molecule has 2 heterocycles. The van der Waals surface area contributed by atoms with Gasteiger partial charge in [0.1, 0.15) is 34.5 Å². The number of carbonyl (C=O) groups is 1. The van der Waals surface area contributed by atoms with Crippen molar-refractivity contribution in [1.82, 2.24) is 9.38 Å². The molecule has 8 heteroatoms. The molecule has 4 aromatic rings. The van der Waals surface area contributed by atoms with Gasteiger partial charge in [-0.3, -0.25) is 9.20 Å². The lowest BCUT2D eigenvalue weighted by Gasteiger charge is -2.18. The van der Waals surface area contributed by atoms with Crippen molar-refractivity contribution in [1.29, 1.82) is 0 Å². The minimum atomic E-state index is -0.641. The maximum Gasteiger partial charge on any atom is 0.255 e. The molecule has 4 rings (SSSR count). The number of primary amides is 1. The van der Waals surface area contributed by atoms with E-state index >= 15 is 0 Å². The van der Waals surface area contributed by atoms with Crippen LogP contribution in [-0.2, 0) is 11.2 Å². The number of aromatic nitrogens is 2. The topological polar surface area (TPSA) is 102 Å². The number of halogens is 1. The first-order valence-electron chi connectivity index (χ1n) is 11.1. The maximum atomic E-state index is 14.3. The van der Waals surface area contributed by atoms with Crippen molar-refractivity contribution in [3.63, 3.8) is 0 Å². The first-order chi connectivity index (χ1) is 16.3. The van der Waals surface area contributed by atoms with Gasteiger partial charge in [-0.15, -0.1) is 0 Å². The van der Waals surface area contributed by atoms with Crippen LogP contribution in [0.15, 0.2) is 48.7 Å². The van der Waals surface area contributed by atoms with Crippen molar-refractivity contribution < 1.29 is 19.0 Å². The smallest absolute Gasteiger partial charge is 0.255 e. The van der Waals surface area contributed by atoms with Crippen LogP contribution in [0.2, 0.25) is 0 Å². The van der Waals surface area contributed by atoms with Crippen molar-refractivity contribution in [3.8, 4) is 22.8 Å². The molecule has 0 saturated heterocycles. The third kappa shape index (κ3) is 4.52. The first-order valence-corrected chi connectivity index (χ1v) is 11.1. The Morgan fingerprint density at radius 1 is 1.21 bits per heavy atom. The van der Waals surface area contributed by atoms with E-state index in [0.29, 0.717) is 29.1 Å². The van der Waals surface area contributed by atoms with E-state index in [-0.39, 0.29) is 18.1 Å². The number of amides is 1. The summed E-state index contributed by atoms with van der Waals surface area (Å²) in [7, 11) is 0. The van der Waals surface area contributed by atoms with Gasteiger partial charge in [-0.05, 0) is 55.2 Å². The molecular formula is C26H27FN4O3. The van der Waals surface area contributed by atoms with Crippen LogP contribution < -0.4 is 15.8 Å². The molecule has 0 aliphatic rings. The molecule has 0 bridgehead atoms. The van der Waals surface area contributed by atoms with Crippen molar-refractivity contribution in [3.05, 3.63) is 71.2 Å². The highest BCUT2D eigenvalue weighted by molar-refractivity contribution is 5.86. The summed E-state index contributed by atoms with van der Waals surface area (Å²) in [5.74, 6) is -0.233. The Hall–Kier alpha value is -4.07. The van der Waals surface area contributed by atoms with Gasteiger partial charge in [0.25, 0.3) is 5.91 Å². The number of para-hydroxylation sites is 1. The lowest BCUT2D eigenvalue weighted by Crippen LogP contribution is -2.20. The number of nitrogens with zero attached hydrogens (tertiary/aromatic N) is 2. The number of anilines is 2. The lowest BCUT2D eigenvalue weighted by atomic mass is 9.98. The van der Waals surface area contributed by atoms with E-state index < -0.39 is 11.7 Å². The van der Waals surface area contributed by atoms with Gasteiger partial charge in [0, 0.05) is 23.5 Å². The number of aryl methyl sites for hydroxylation is 3. The van der Waals surface area contributed by atoms with Crippen molar-refractivity contribution in [2.45, 2.75) is 33.6 Å². The summed E-state index contributed by atoms with van der Waals surface area (Å²) in [5.41, 5.74) is 10.7. The number of carbonyl (C=O) groups excluding carboxylic acids is 1. The maximum absolute atomic E-state index is 14.3. The van der Waals surface area contributed by atoms with Crippen LogP contribution in [-0.4, -0.2) is 27.0 Å². The van der Waals surface area contributed by atoms with Crippen LogP contribution in [0.25, 0.3) is 16.9 Å². The molecule has 0 aliphatic carbocycles. The summed E-state index contributed by atoms with van der Waals surface area (Å²) < 4.78 is 21.6. The Bertz CT molecular complexity index is 1360. The van der Waals surface area contributed by atoms with Crippen LogP contribution in [0.5, 0.6) is 11.5 Å². The second-order valence-corrected chi connectivity index (χ2v) is 8.26. The monoisotopic (exact) mass is 462 g/mol. The molecule has 0 atom stereocenters. The Morgan fingerprint density at radius 2 is 1.94 bits per heavy atom. The SMILES string of the molecule is CCCc1cc(O)cc(OCC(N)=O)c1-c1nc2ccc(F)cn2c1Nc1c(C)cccc1C. The summed E-state index contributed by atoms with van der Waals surface area (Å²) >= 11 is 0. The Labute approximate surface area is 197 Å². The molecule has 2 aromatic heterocycles. The first kappa shape index (κ1) is 23.1. The number of fused-ring (bicyclic) bond motifs is 1. The number of phenolic OH excluding ortho intramolecular Hbond substituents is 1. The van der Waals surface area contributed by atoms with Crippen LogP contribution in [0.4, 0.5) is 15.9 Å². The van der Waals surface area contributed by atoms with Gasteiger partial charge in [0.15, 0.2) is 6.61 Å². The Morgan fingerprint density at radius 3 is 2.62 bits per heavy atom. The fraction of sp³-hybridized carbons (Fsp3) is 0.231. The third-order valence-electron chi connectivity index (χ3n) is 5.60. The van der Waals surface area contributed by atoms with Crippen LogP contribution in [0, 0.1) is 19.7 Å². The standard InChI is InChI=1S/C26H27FN4O3/c1-4-6-17-11-19(32)12-20(34-14-21(28)33)23(17)25-26(30-24-15(2)7-5-8-16(24)3)31-13-18(27)9-10-22(31)29-25/h5,7-13,30,32H,4,6,14H2,1-3H3,(H2,28,33). The highest BCUT2D eigenvalue weighted by Gasteiger charge is 2.23. The third-order valence-corrected chi connectivity index (χ3v) is 5.60. The average Bonchev–Trinajstić information content (AvgIpc) is 3.12. The van der Waals surface area contributed by atoms with Crippen LogP contribution in [0.3, 0.4) is 0 Å². The normalized spacial score (nSPS) is 11.1.